The monoisotopic (exact) mass is 406 g/mol. The molecule has 3 aromatic rings. The summed E-state index contributed by atoms with van der Waals surface area (Å²) >= 11 is 0. The van der Waals surface area contributed by atoms with E-state index in [9.17, 15) is 0 Å². The highest BCUT2D eigenvalue weighted by molar-refractivity contribution is 5.90. The molecule has 2 aromatic carbocycles. The van der Waals surface area contributed by atoms with Gasteiger partial charge in [-0.05, 0) is 30.3 Å². The van der Waals surface area contributed by atoms with Crippen LogP contribution in [0.2, 0.25) is 0 Å². The maximum absolute atomic E-state index is 5.61. The predicted molar refractivity (Wildman–Crippen MR) is 118 cm³/mol. The lowest BCUT2D eigenvalue weighted by Gasteiger charge is -2.27. The van der Waals surface area contributed by atoms with E-state index < -0.39 is 0 Å². The summed E-state index contributed by atoms with van der Waals surface area (Å²) in [6.07, 6.45) is 3.91. The number of hydrogen-bond acceptors (Lipinski definition) is 5. The molecule has 0 spiro atoms. The van der Waals surface area contributed by atoms with Crippen LogP contribution in [0, 0.1) is 0 Å². The Kier molecular flexibility index (Phi) is 5.99. The Morgan fingerprint density at radius 3 is 2.50 bits per heavy atom. The maximum atomic E-state index is 5.61. The van der Waals surface area contributed by atoms with Gasteiger partial charge in [-0.25, -0.2) is 4.68 Å². The highest BCUT2D eigenvalue weighted by Crippen LogP contribution is 2.34. The zero-order valence-corrected chi connectivity index (χ0v) is 17.7. The molecular formula is C23H28N5O2+. The lowest BCUT2D eigenvalue weighted by Crippen LogP contribution is -3.11. The lowest BCUT2D eigenvalue weighted by molar-refractivity contribution is -0.884. The second-order valence-corrected chi connectivity index (χ2v) is 7.43. The summed E-state index contributed by atoms with van der Waals surface area (Å²) in [7, 11) is 5.55. The van der Waals surface area contributed by atoms with Crippen LogP contribution in [0.3, 0.4) is 0 Å². The average molecular weight is 407 g/mol. The molecule has 1 aliphatic heterocycles. The van der Waals surface area contributed by atoms with Gasteiger partial charge in [-0.3, -0.25) is 5.01 Å². The van der Waals surface area contributed by atoms with Gasteiger partial charge in [0, 0.05) is 17.3 Å². The van der Waals surface area contributed by atoms with Gasteiger partial charge >= 0.3 is 0 Å². The van der Waals surface area contributed by atoms with Crippen LogP contribution in [0.1, 0.15) is 5.56 Å². The number of benzene rings is 2. The van der Waals surface area contributed by atoms with Crippen molar-refractivity contribution in [3.05, 3.63) is 60.3 Å². The highest BCUT2D eigenvalue weighted by atomic mass is 16.5. The van der Waals surface area contributed by atoms with E-state index in [0.717, 1.165) is 60.2 Å². The zero-order chi connectivity index (χ0) is 20.9. The fraction of sp³-hybridized carbons (Fsp3) is 0.304. The topological polar surface area (TPSA) is 56.3 Å². The van der Waals surface area contributed by atoms with Crippen LogP contribution in [0.4, 0.5) is 0 Å². The van der Waals surface area contributed by atoms with Crippen molar-refractivity contribution < 1.29 is 14.4 Å². The summed E-state index contributed by atoms with van der Waals surface area (Å²) in [5.41, 5.74) is 3.59. The summed E-state index contributed by atoms with van der Waals surface area (Å²) in [6, 6.07) is 15.8. The Morgan fingerprint density at radius 1 is 1.03 bits per heavy atom. The SMILES string of the molecule is COc1ccc(OC)c(-c2nn(-c3ccccc3)cc2/C=N\N2CC[NH+](C)CC2)c1. The molecule has 1 saturated heterocycles. The zero-order valence-electron chi connectivity index (χ0n) is 17.7. The fourth-order valence-corrected chi connectivity index (χ4v) is 3.54. The van der Waals surface area contributed by atoms with E-state index in [2.05, 4.69) is 12.1 Å². The third-order valence-electron chi connectivity index (χ3n) is 5.38. The number of quaternary nitrogens is 1. The fourth-order valence-electron chi connectivity index (χ4n) is 3.54. The normalized spacial score (nSPS) is 15.0. The molecule has 0 saturated carbocycles. The van der Waals surface area contributed by atoms with Crippen molar-refractivity contribution in [3.8, 4) is 28.4 Å². The number of rotatable bonds is 6. The van der Waals surface area contributed by atoms with Gasteiger partial charge in [0.1, 0.15) is 17.2 Å². The van der Waals surface area contributed by atoms with Crippen LogP contribution >= 0.6 is 0 Å². The second-order valence-electron chi connectivity index (χ2n) is 7.43. The van der Waals surface area contributed by atoms with Crippen molar-refractivity contribution in [3.63, 3.8) is 0 Å². The van der Waals surface area contributed by atoms with Gasteiger partial charge in [0.05, 0.1) is 59.3 Å². The van der Waals surface area contributed by atoms with Crippen LogP contribution in [-0.4, -0.2) is 68.5 Å². The van der Waals surface area contributed by atoms with Gasteiger partial charge < -0.3 is 14.4 Å². The molecule has 0 aliphatic carbocycles. The number of ether oxygens (including phenoxy) is 2. The molecule has 4 rings (SSSR count). The van der Waals surface area contributed by atoms with Crippen molar-refractivity contribution >= 4 is 6.21 Å². The number of nitrogens with zero attached hydrogens (tertiary/aromatic N) is 4. The Bertz CT molecular complexity index is 1010. The number of methoxy groups -OCH3 is 2. The van der Waals surface area contributed by atoms with Gasteiger partial charge in [-0.2, -0.15) is 10.2 Å². The molecular weight excluding hydrogens is 378 g/mol. The van der Waals surface area contributed by atoms with E-state index in [0.29, 0.717) is 0 Å². The van der Waals surface area contributed by atoms with Gasteiger partial charge in [0.15, 0.2) is 0 Å². The predicted octanol–water partition coefficient (Wildman–Crippen LogP) is 1.72. The second kappa shape index (κ2) is 9.00. The van der Waals surface area contributed by atoms with Crippen LogP contribution in [0.15, 0.2) is 59.8 Å². The average Bonchev–Trinajstić information content (AvgIpc) is 3.23. The van der Waals surface area contributed by atoms with Crippen LogP contribution in [0.5, 0.6) is 11.5 Å². The van der Waals surface area contributed by atoms with Crippen molar-refractivity contribution in [2.24, 2.45) is 5.10 Å². The third-order valence-corrected chi connectivity index (χ3v) is 5.38. The minimum Gasteiger partial charge on any atom is -0.497 e. The smallest absolute Gasteiger partial charge is 0.128 e. The van der Waals surface area contributed by atoms with Crippen molar-refractivity contribution in [2.75, 3.05) is 47.4 Å². The Hall–Kier alpha value is -3.32. The van der Waals surface area contributed by atoms with E-state index in [4.69, 9.17) is 19.7 Å². The quantitative estimate of drug-likeness (QED) is 0.634. The largest absolute Gasteiger partial charge is 0.497 e. The van der Waals surface area contributed by atoms with Crippen molar-refractivity contribution in [1.82, 2.24) is 14.8 Å². The summed E-state index contributed by atoms with van der Waals surface area (Å²) in [5.74, 6) is 1.50. The molecule has 2 heterocycles. The van der Waals surface area contributed by atoms with E-state index >= 15 is 0 Å². The van der Waals surface area contributed by atoms with Gasteiger partial charge in [-0.1, -0.05) is 18.2 Å². The molecule has 1 aromatic heterocycles. The minimum atomic E-state index is 0.743. The maximum Gasteiger partial charge on any atom is 0.128 e. The summed E-state index contributed by atoms with van der Waals surface area (Å²) in [6.45, 7) is 4.09. The number of para-hydroxylation sites is 1. The molecule has 156 valence electrons. The third kappa shape index (κ3) is 4.31. The molecule has 0 radical (unpaired) electrons. The van der Waals surface area contributed by atoms with Crippen LogP contribution in [-0.2, 0) is 0 Å². The molecule has 1 fully saturated rings. The van der Waals surface area contributed by atoms with Crippen LogP contribution < -0.4 is 14.4 Å². The molecule has 0 bridgehead atoms. The first-order chi connectivity index (χ1) is 14.7. The summed E-state index contributed by atoms with van der Waals surface area (Å²) in [4.78, 5) is 1.54. The molecule has 0 atom stereocenters. The number of hydrogen-bond donors (Lipinski definition) is 1. The Labute approximate surface area is 177 Å². The van der Waals surface area contributed by atoms with E-state index in [-0.39, 0.29) is 0 Å². The summed E-state index contributed by atoms with van der Waals surface area (Å²) in [5, 5.41) is 11.8. The molecule has 30 heavy (non-hydrogen) atoms. The lowest BCUT2D eigenvalue weighted by atomic mass is 10.1. The first-order valence-electron chi connectivity index (χ1n) is 10.2. The number of hydrazone groups is 1. The molecule has 7 heteroatoms. The van der Waals surface area contributed by atoms with Gasteiger partial charge in [-0.15, -0.1) is 0 Å². The molecule has 1 aliphatic rings. The number of aromatic nitrogens is 2. The number of likely N-dealkylation sites (N-methyl/N-ethyl adjacent to an activating group) is 1. The van der Waals surface area contributed by atoms with Gasteiger partial charge in [0.25, 0.3) is 0 Å². The van der Waals surface area contributed by atoms with E-state index in [1.807, 2.05) is 65.6 Å². The highest BCUT2D eigenvalue weighted by Gasteiger charge is 2.18. The molecule has 0 unspecified atom stereocenters. The van der Waals surface area contributed by atoms with Crippen molar-refractivity contribution in [1.29, 1.82) is 0 Å². The summed E-state index contributed by atoms with van der Waals surface area (Å²) < 4.78 is 12.9. The van der Waals surface area contributed by atoms with E-state index in [1.165, 1.54) is 0 Å². The Morgan fingerprint density at radius 2 is 1.80 bits per heavy atom. The number of nitrogens with one attached hydrogen (secondary N) is 1. The van der Waals surface area contributed by atoms with Crippen molar-refractivity contribution in [2.45, 2.75) is 0 Å². The standard InChI is InChI=1S/C23H27N5O2/c1-26-11-13-27(14-12-26)24-16-18-17-28(19-7-5-4-6-8-19)25-23(18)21-15-20(29-2)9-10-22(21)30-3/h4-10,15-17H,11-14H2,1-3H3/p+1/b24-16-. The molecule has 1 N–H and O–H groups in total. The van der Waals surface area contributed by atoms with Gasteiger partial charge in [0.2, 0.25) is 0 Å². The minimum absolute atomic E-state index is 0.743. The first kappa shape index (κ1) is 20.0. The first-order valence-corrected chi connectivity index (χ1v) is 10.2. The van der Waals surface area contributed by atoms with E-state index in [1.54, 1.807) is 19.1 Å². The molecule has 0 amide bonds. The Balaban J connectivity index is 1.76. The number of piperazine rings is 1. The van der Waals surface area contributed by atoms with Crippen LogP contribution in [0.25, 0.3) is 16.9 Å². The molecule has 7 nitrogen and oxygen atoms in total.